The average molecular weight is 313 g/mol. The van der Waals surface area contributed by atoms with Gasteiger partial charge >= 0.3 is 0 Å². The van der Waals surface area contributed by atoms with Gasteiger partial charge in [0, 0.05) is 10.7 Å². The fourth-order valence-electron chi connectivity index (χ4n) is 1.47. The maximum atomic E-state index is 5.05. The lowest BCUT2D eigenvalue weighted by molar-refractivity contribution is 1.15. The summed E-state index contributed by atoms with van der Waals surface area (Å²) >= 11 is 25.1. The largest absolute Gasteiger partial charge is 0.0917 e. The summed E-state index contributed by atoms with van der Waals surface area (Å²) < 4.78 is 0. The molecule has 17 heavy (non-hydrogen) atoms. The van der Waals surface area contributed by atoms with Crippen molar-refractivity contribution in [2.45, 2.75) is 5.41 Å². The van der Waals surface area contributed by atoms with E-state index >= 15 is 0 Å². The highest BCUT2D eigenvalue weighted by molar-refractivity contribution is 7.82. The van der Waals surface area contributed by atoms with Crippen molar-refractivity contribution in [2.75, 3.05) is 0 Å². The summed E-state index contributed by atoms with van der Waals surface area (Å²) in [5.74, 6) is 0. The molecule has 0 aliphatic carbocycles. The number of thiocarbonyl (C=S) groups is 5. The molecule has 0 saturated carbocycles. The van der Waals surface area contributed by atoms with Crippen LogP contribution >= 0.6 is 61.1 Å². The van der Waals surface area contributed by atoms with E-state index in [0.717, 1.165) is 16.7 Å². The second-order valence-corrected chi connectivity index (χ2v) is 4.51. The molecule has 0 unspecified atom stereocenters. The zero-order valence-corrected chi connectivity index (χ0v) is 12.7. The molecule has 0 spiro atoms. The summed E-state index contributed by atoms with van der Waals surface area (Å²) in [6, 6.07) is 5.70. The van der Waals surface area contributed by atoms with Gasteiger partial charge in [0.05, 0.1) is 5.41 Å². The van der Waals surface area contributed by atoms with Crippen LogP contribution in [0.4, 0.5) is 0 Å². The number of benzene rings is 1. The van der Waals surface area contributed by atoms with E-state index in [4.69, 9.17) is 61.1 Å². The second-order valence-electron chi connectivity index (χ2n) is 3.33. The van der Waals surface area contributed by atoms with E-state index in [1.54, 1.807) is 26.8 Å². The molecule has 0 aliphatic rings. The van der Waals surface area contributed by atoms with E-state index in [0.29, 0.717) is 0 Å². The van der Waals surface area contributed by atoms with Crippen LogP contribution in [-0.4, -0.2) is 26.8 Å². The Labute approximate surface area is 127 Å². The summed E-state index contributed by atoms with van der Waals surface area (Å²) in [5, 5.41) is 7.83. The van der Waals surface area contributed by atoms with Gasteiger partial charge in [-0.15, -0.1) is 0 Å². The first-order chi connectivity index (χ1) is 8.18. The zero-order chi connectivity index (χ0) is 12.9. The Morgan fingerprint density at radius 3 is 1.82 bits per heavy atom. The highest BCUT2D eigenvalue weighted by Gasteiger charge is 2.27. The highest BCUT2D eigenvalue weighted by atomic mass is 32.1. The molecule has 0 saturated heterocycles. The Morgan fingerprint density at radius 2 is 1.41 bits per heavy atom. The van der Waals surface area contributed by atoms with E-state index in [1.807, 2.05) is 18.2 Å². The van der Waals surface area contributed by atoms with E-state index in [2.05, 4.69) is 0 Å². The Kier molecular flexibility index (Phi) is 5.69. The fourth-order valence-corrected chi connectivity index (χ4v) is 2.98. The Morgan fingerprint density at radius 1 is 0.824 bits per heavy atom. The van der Waals surface area contributed by atoms with Crippen LogP contribution in [0.25, 0.3) is 0 Å². The standard InChI is InChI=1S/C12H8S5/c13-4-9-2-1-3-11(10(9)5-14)12(6-15,7-16)8-17/h1-8H. The lowest BCUT2D eigenvalue weighted by Crippen LogP contribution is -2.31. The van der Waals surface area contributed by atoms with Crippen LogP contribution in [-0.2, 0) is 5.41 Å². The molecule has 0 aromatic heterocycles. The van der Waals surface area contributed by atoms with E-state index < -0.39 is 5.41 Å². The van der Waals surface area contributed by atoms with Gasteiger partial charge < -0.3 is 0 Å². The van der Waals surface area contributed by atoms with Gasteiger partial charge in [0.1, 0.15) is 0 Å². The molecular weight excluding hydrogens is 304 g/mol. The van der Waals surface area contributed by atoms with E-state index in [9.17, 15) is 0 Å². The normalized spacial score (nSPS) is 10.4. The Balaban J connectivity index is 3.64. The third-order valence-electron chi connectivity index (χ3n) is 2.44. The molecule has 1 aromatic rings. The number of hydrogen-bond donors (Lipinski definition) is 0. The van der Waals surface area contributed by atoms with Gasteiger partial charge in [0.2, 0.25) is 0 Å². The fraction of sp³-hybridized carbons (Fsp3) is 0.0833. The number of rotatable bonds is 6. The van der Waals surface area contributed by atoms with Crippen LogP contribution in [0.2, 0.25) is 0 Å². The van der Waals surface area contributed by atoms with Crippen molar-refractivity contribution >= 4 is 87.9 Å². The molecule has 5 heteroatoms. The molecule has 0 radical (unpaired) electrons. The molecule has 0 atom stereocenters. The molecule has 0 amide bonds. The Hall–Kier alpha value is -0.330. The van der Waals surface area contributed by atoms with Gasteiger partial charge in [-0.25, -0.2) is 0 Å². The van der Waals surface area contributed by atoms with Crippen molar-refractivity contribution in [3.05, 3.63) is 34.9 Å². The van der Waals surface area contributed by atoms with Gasteiger partial charge in [-0.1, -0.05) is 79.3 Å². The summed E-state index contributed by atoms with van der Waals surface area (Å²) in [5.41, 5.74) is 1.91. The van der Waals surface area contributed by atoms with Gasteiger partial charge in [-0.05, 0) is 32.8 Å². The first kappa shape index (κ1) is 14.7. The van der Waals surface area contributed by atoms with Gasteiger partial charge in [0.25, 0.3) is 0 Å². The van der Waals surface area contributed by atoms with Crippen molar-refractivity contribution in [2.24, 2.45) is 0 Å². The minimum absolute atomic E-state index is 0.695. The smallest absolute Gasteiger partial charge is 0.0805 e. The first-order valence-corrected chi connectivity index (χ1v) is 6.97. The van der Waals surface area contributed by atoms with Crippen LogP contribution in [0.1, 0.15) is 16.7 Å². The molecule has 86 valence electrons. The number of hydrogen-bond acceptors (Lipinski definition) is 5. The maximum absolute atomic E-state index is 5.05. The summed E-state index contributed by atoms with van der Waals surface area (Å²) in [4.78, 5) is 0. The van der Waals surface area contributed by atoms with Gasteiger partial charge in [0.15, 0.2) is 0 Å². The molecule has 0 heterocycles. The third kappa shape index (κ3) is 2.74. The van der Waals surface area contributed by atoms with Crippen molar-refractivity contribution < 1.29 is 0 Å². The third-order valence-corrected chi connectivity index (χ3v) is 4.10. The molecule has 0 fully saturated rings. The first-order valence-electron chi connectivity index (χ1n) is 4.62. The Bertz CT molecular complexity index is 468. The highest BCUT2D eigenvalue weighted by Crippen LogP contribution is 2.24. The predicted octanol–water partition coefficient (Wildman–Crippen LogP) is 3.62. The lowest BCUT2D eigenvalue weighted by Gasteiger charge is -2.23. The molecule has 0 N–H and O–H groups in total. The molecule has 1 rings (SSSR count). The quantitative estimate of drug-likeness (QED) is 0.734. The van der Waals surface area contributed by atoms with Crippen LogP contribution in [0, 0.1) is 0 Å². The minimum Gasteiger partial charge on any atom is -0.0917 e. The van der Waals surface area contributed by atoms with Gasteiger partial charge in [-0.3, -0.25) is 0 Å². The lowest BCUT2D eigenvalue weighted by atomic mass is 9.82. The maximum Gasteiger partial charge on any atom is 0.0805 e. The van der Waals surface area contributed by atoms with Gasteiger partial charge in [-0.2, -0.15) is 0 Å². The van der Waals surface area contributed by atoms with Crippen LogP contribution in [0.3, 0.4) is 0 Å². The predicted molar refractivity (Wildman–Crippen MR) is 94.6 cm³/mol. The molecule has 0 nitrogen and oxygen atoms in total. The zero-order valence-electron chi connectivity index (χ0n) is 8.66. The summed E-state index contributed by atoms with van der Waals surface area (Å²) in [6.45, 7) is 0. The summed E-state index contributed by atoms with van der Waals surface area (Å²) in [7, 11) is 0. The van der Waals surface area contributed by atoms with E-state index in [1.165, 1.54) is 0 Å². The molecule has 0 bridgehead atoms. The van der Waals surface area contributed by atoms with Crippen LogP contribution in [0.5, 0.6) is 0 Å². The van der Waals surface area contributed by atoms with E-state index in [-0.39, 0.29) is 0 Å². The van der Waals surface area contributed by atoms with Crippen molar-refractivity contribution in [1.29, 1.82) is 0 Å². The molecule has 0 aliphatic heterocycles. The molecule has 1 aromatic carbocycles. The minimum atomic E-state index is -0.695. The van der Waals surface area contributed by atoms with Crippen molar-refractivity contribution in [3.8, 4) is 0 Å². The monoisotopic (exact) mass is 312 g/mol. The second kappa shape index (κ2) is 6.56. The SMILES string of the molecule is S=Cc1cccc(C(C=S)(C=S)C=S)c1C=S. The van der Waals surface area contributed by atoms with Crippen molar-refractivity contribution in [3.63, 3.8) is 0 Å². The average Bonchev–Trinajstić information content (AvgIpc) is 2.41. The molecular formula is C12H8S5. The topological polar surface area (TPSA) is 0 Å². The van der Waals surface area contributed by atoms with Crippen LogP contribution in [0.15, 0.2) is 18.2 Å². The van der Waals surface area contributed by atoms with Crippen molar-refractivity contribution in [1.82, 2.24) is 0 Å². The van der Waals surface area contributed by atoms with Crippen LogP contribution < -0.4 is 0 Å². The summed E-state index contributed by atoms with van der Waals surface area (Å²) in [6.07, 6.45) is 0.